The Balaban J connectivity index is 2.12. The summed E-state index contributed by atoms with van der Waals surface area (Å²) in [6.45, 7) is 9.01. The Morgan fingerprint density at radius 1 is 1.26 bits per heavy atom. The average Bonchev–Trinajstić information content (AvgIpc) is 2.40. The van der Waals surface area contributed by atoms with Crippen LogP contribution in [0.3, 0.4) is 0 Å². The van der Waals surface area contributed by atoms with Gasteiger partial charge in [0.05, 0.1) is 11.7 Å². The molecule has 0 bridgehead atoms. The fraction of sp³-hybridized carbons (Fsp3) is 0.667. The van der Waals surface area contributed by atoms with Crippen molar-refractivity contribution < 1.29 is 0 Å². The van der Waals surface area contributed by atoms with Crippen molar-refractivity contribution >= 4 is 15.9 Å². The van der Waals surface area contributed by atoms with Crippen molar-refractivity contribution in [2.45, 2.75) is 32.7 Å². The summed E-state index contributed by atoms with van der Waals surface area (Å²) in [4.78, 5) is 7.26. The van der Waals surface area contributed by atoms with Gasteiger partial charge in [0.15, 0.2) is 0 Å². The zero-order valence-electron chi connectivity index (χ0n) is 11.9. The summed E-state index contributed by atoms with van der Waals surface area (Å²) in [5.74, 6) is 0.748. The van der Waals surface area contributed by atoms with Crippen molar-refractivity contribution in [3.63, 3.8) is 0 Å². The van der Waals surface area contributed by atoms with E-state index in [0.29, 0.717) is 6.04 Å². The molecule has 1 N–H and O–H groups in total. The minimum atomic E-state index is 0.460. The van der Waals surface area contributed by atoms with Crippen molar-refractivity contribution in [3.8, 4) is 0 Å². The van der Waals surface area contributed by atoms with Crippen LogP contribution in [-0.2, 0) is 0 Å². The van der Waals surface area contributed by atoms with Crippen LogP contribution in [0.15, 0.2) is 22.8 Å². The number of hydrogen-bond acceptors (Lipinski definition) is 3. The minimum absolute atomic E-state index is 0.460. The third kappa shape index (κ3) is 4.55. The summed E-state index contributed by atoms with van der Waals surface area (Å²) in [6.07, 6.45) is 2.45. The number of pyridine rings is 1. The van der Waals surface area contributed by atoms with Crippen LogP contribution >= 0.6 is 15.9 Å². The molecule has 106 valence electrons. The van der Waals surface area contributed by atoms with Gasteiger partial charge in [-0.05, 0) is 46.8 Å². The normalized spacial score (nSPS) is 18.7. The molecule has 1 aliphatic heterocycles. The third-order valence-corrected chi connectivity index (χ3v) is 4.13. The standard InChI is InChI=1S/C15H24BrN3/c1-12(2)6-7-14(19-10-8-17-9-11-19)13-4-3-5-15(16)18-13/h3-5,12,14,17H,6-11H2,1-2H3/t14-/m0/s1. The summed E-state index contributed by atoms with van der Waals surface area (Å²) in [5.41, 5.74) is 1.21. The molecule has 1 aliphatic rings. The summed E-state index contributed by atoms with van der Waals surface area (Å²) in [5, 5.41) is 3.43. The van der Waals surface area contributed by atoms with Gasteiger partial charge in [-0.2, -0.15) is 0 Å². The second kappa shape index (κ2) is 7.36. The number of nitrogens with one attached hydrogen (secondary N) is 1. The molecule has 0 unspecified atom stereocenters. The highest BCUT2D eigenvalue weighted by molar-refractivity contribution is 9.10. The SMILES string of the molecule is CC(C)CC[C@@H](c1cccc(Br)n1)N1CCNCC1. The summed E-state index contributed by atoms with van der Waals surface area (Å²) in [7, 11) is 0. The minimum Gasteiger partial charge on any atom is -0.314 e. The average molecular weight is 326 g/mol. The molecular weight excluding hydrogens is 302 g/mol. The van der Waals surface area contributed by atoms with E-state index in [9.17, 15) is 0 Å². The first-order chi connectivity index (χ1) is 9.16. The van der Waals surface area contributed by atoms with Gasteiger partial charge in [0.2, 0.25) is 0 Å². The quantitative estimate of drug-likeness (QED) is 0.842. The van der Waals surface area contributed by atoms with Gasteiger partial charge in [-0.15, -0.1) is 0 Å². The highest BCUT2D eigenvalue weighted by Crippen LogP contribution is 2.27. The second-order valence-corrected chi connectivity index (χ2v) is 6.47. The molecule has 1 fully saturated rings. The number of nitrogens with zero attached hydrogens (tertiary/aromatic N) is 2. The summed E-state index contributed by atoms with van der Waals surface area (Å²) >= 11 is 3.49. The Hall–Kier alpha value is -0.450. The first kappa shape index (κ1) is 14.9. The van der Waals surface area contributed by atoms with Crippen LogP contribution in [0.2, 0.25) is 0 Å². The summed E-state index contributed by atoms with van der Waals surface area (Å²) < 4.78 is 0.940. The van der Waals surface area contributed by atoms with E-state index < -0.39 is 0 Å². The van der Waals surface area contributed by atoms with Crippen molar-refractivity contribution in [3.05, 3.63) is 28.5 Å². The van der Waals surface area contributed by atoms with E-state index in [4.69, 9.17) is 0 Å². The van der Waals surface area contributed by atoms with Crippen molar-refractivity contribution in [2.75, 3.05) is 26.2 Å². The molecule has 2 rings (SSSR count). The van der Waals surface area contributed by atoms with Crippen LogP contribution in [0.5, 0.6) is 0 Å². The molecule has 2 heterocycles. The van der Waals surface area contributed by atoms with Crippen molar-refractivity contribution in [2.24, 2.45) is 5.92 Å². The number of rotatable bonds is 5. The van der Waals surface area contributed by atoms with E-state index in [0.717, 1.165) is 36.7 Å². The zero-order valence-corrected chi connectivity index (χ0v) is 13.5. The lowest BCUT2D eigenvalue weighted by Gasteiger charge is -2.35. The lowest BCUT2D eigenvalue weighted by atomic mass is 9.99. The molecule has 0 saturated carbocycles. The van der Waals surface area contributed by atoms with Crippen molar-refractivity contribution in [1.82, 2.24) is 15.2 Å². The molecule has 4 heteroatoms. The number of piperazine rings is 1. The summed E-state index contributed by atoms with van der Waals surface area (Å²) in [6, 6.07) is 6.72. The molecule has 0 spiro atoms. The molecule has 19 heavy (non-hydrogen) atoms. The molecule has 1 atom stereocenters. The van der Waals surface area contributed by atoms with Crippen LogP contribution < -0.4 is 5.32 Å². The molecule has 0 radical (unpaired) electrons. The van der Waals surface area contributed by atoms with Gasteiger partial charge in [-0.25, -0.2) is 4.98 Å². The number of aromatic nitrogens is 1. The zero-order chi connectivity index (χ0) is 13.7. The highest BCUT2D eigenvalue weighted by Gasteiger charge is 2.23. The van der Waals surface area contributed by atoms with Crippen LogP contribution in [0.4, 0.5) is 0 Å². The number of hydrogen-bond donors (Lipinski definition) is 1. The molecule has 3 nitrogen and oxygen atoms in total. The van der Waals surface area contributed by atoms with Crippen molar-refractivity contribution in [1.29, 1.82) is 0 Å². The van der Waals surface area contributed by atoms with Gasteiger partial charge < -0.3 is 5.32 Å². The molecule has 1 saturated heterocycles. The van der Waals surface area contributed by atoms with Gasteiger partial charge in [-0.1, -0.05) is 19.9 Å². The van der Waals surface area contributed by atoms with E-state index in [1.54, 1.807) is 0 Å². The van der Waals surface area contributed by atoms with E-state index in [2.05, 4.69) is 57.1 Å². The fourth-order valence-corrected chi connectivity index (χ4v) is 2.97. The molecule has 0 aromatic carbocycles. The maximum atomic E-state index is 4.68. The van der Waals surface area contributed by atoms with E-state index in [1.165, 1.54) is 18.5 Å². The lowest BCUT2D eigenvalue weighted by molar-refractivity contribution is 0.156. The Labute approximate surface area is 124 Å². The molecule has 1 aromatic heterocycles. The highest BCUT2D eigenvalue weighted by atomic mass is 79.9. The largest absolute Gasteiger partial charge is 0.314 e. The van der Waals surface area contributed by atoms with Crippen LogP contribution in [0.1, 0.15) is 38.4 Å². The maximum absolute atomic E-state index is 4.68. The van der Waals surface area contributed by atoms with Crippen LogP contribution in [0, 0.1) is 5.92 Å². The number of halogens is 1. The smallest absolute Gasteiger partial charge is 0.106 e. The first-order valence-corrected chi connectivity index (χ1v) is 8.03. The Bertz CT molecular complexity index is 389. The predicted octanol–water partition coefficient (Wildman–Crippen LogP) is 3.23. The topological polar surface area (TPSA) is 28.2 Å². The third-order valence-electron chi connectivity index (χ3n) is 3.69. The molecule has 0 aliphatic carbocycles. The second-order valence-electron chi connectivity index (χ2n) is 5.66. The Morgan fingerprint density at radius 3 is 2.63 bits per heavy atom. The van der Waals surface area contributed by atoms with Gasteiger partial charge in [0.25, 0.3) is 0 Å². The first-order valence-electron chi connectivity index (χ1n) is 7.24. The van der Waals surface area contributed by atoms with E-state index >= 15 is 0 Å². The molecule has 0 amide bonds. The van der Waals surface area contributed by atoms with E-state index in [-0.39, 0.29) is 0 Å². The molecule has 1 aromatic rings. The Kier molecular flexibility index (Phi) is 5.79. The monoisotopic (exact) mass is 325 g/mol. The van der Waals surface area contributed by atoms with Gasteiger partial charge in [0, 0.05) is 26.2 Å². The Morgan fingerprint density at radius 2 is 2.00 bits per heavy atom. The van der Waals surface area contributed by atoms with Crippen LogP contribution in [-0.4, -0.2) is 36.1 Å². The lowest BCUT2D eigenvalue weighted by Crippen LogP contribution is -2.45. The maximum Gasteiger partial charge on any atom is 0.106 e. The van der Waals surface area contributed by atoms with Gasteiger partial charge in [-0.3, -0.25) is 4.90 Å². The molecular formula is C15H24BrN3. The van der Waals surface area contributed by atoms with Gasteiger partial charge >= 0.3 is 0 Å². The van der Waals surface area contributed by atoms with Gasteiger partial charge in [0.1, 0.15) is 4.60 Å². The fourth-order valence-electron chi connectivity index (χ4n) is 2.61. The van der Waals surface area contributed by atoms with E-state index in [1.807, 2.05) is 6.07 Å². The predicted molar refractivity (Wildman–Crippen MR) is 83.2 cm³/mol. The van der Waals surface area contributed by atoms with Crippen LogP contribution in [0.25, 0.3) is 0 Å².